The number of imidazole rings is 3. The zero-order chi connectivity index (χ0) is 63.8. The summed E-state index contributed by atoms with van der Waals surface area (Å²) in [6, 6.07) is 52.5. The van der Waals surface area contributed by atoms with Crippen molar-refractivity contribution in [3.05, 3.63) is 251 Å². The molecule has 0 radical (unpaired) electrons. The highest BCUT2D eigenvalue weighted by atomic mass is 16.5. The van der Waals surface area contributed by atoms with Gasteiger partial charge in [-0.25, -0.2) is 15.0 Å². The number of fused-ring (bicyclic) bond motifs is 3. The first kappa shape index (κ1) is 62.1. The van der Waals surface area contributed by atoms with Crippen molar-refractivity contribution >= 4 is 39.7 Å². The van der Waals surface area contributed by atoms with E-state index in [1.807, 2.05) is 49.9 Å². The Labute approximate surface area is 545 Å². The van der Waals surface area contributed by atoms with E-state index in [9.17, 15) is 4.79 Å². The number of piperazine rings is 1. The van der Waals surface area contributed by atoms with Gasteiger partial charge in [0.15, 0.2) is 5.65 Å². The molecule has 2 N–H and O–H groups in total. The number of ether oxygens (including phenoxy) is 1. The third-order valence-electron chi connectivity index (χ3n) is 19.1. The molecule has 10 heterocycles. The van der Waals surface area contributed by atoms with Crippen molar-refractivity contribution in [1.82, 2.24) is 48.0 Å². The van der Waals surface area contributed by atoms with Gasteiger partial charge in [0, 0.05) is 142 Å². The summed E-state index contributed by atoms with van der Waals surface area (Å²) in [4.78, 5) is 44.5. The normalized spacial score (nSPS) is 16.2. The molecule has 0 amide bonds. The monoisotopic (exact) mass is 1240 g/mol. The SMILES string of the molecule is Cc1cccc(-c2ccc(Cc3ccc(N4CCN(C(C)C)CC4)cc3)c3nccn23)c1.Cc1cnc2c(Nc3ccc(C4CCC(C(C)C)CC4)cc3)ccc(-c3cc[nH]c(=O)c3)n12.c1cnc(-c2ccc(Cc3ccc(N4CCOCC4)cc3)c3nccn23)cn1. The molecule has 2 aliphatic heterocycles. The minimum absolute atomic E-state index is 0.113. The Kier molecular flexibility index (Phi) is 19.0. The van der Waals surface area contributed by atoms with Crippen molar-refractivity contribution < 1.29 is 4.74 Å². The van der Waals surface area contributed by atoms with Crippen LogP contribution in [0.3, 0.4) is 0 Å². The summed E-state index contributed by atoms with van der Waals surface area (Å²) in [7, 11) is 0. The van der Waals surface area contributed by atoms with E-state index in [1.165, 1.54) is 81.7 Å². The molecule has 1 aliphatic carbocycles. The molecule has 2 saturated heterocycles. The maximum Gasteiger partial charge on any atom is 0.248 e. The molecular formula is C78H85N13O2. The van der Waals surface area contributed by atoms with E-state index in [1.54, 1.807) is 30.9 Å². The van der Waals surface area contributed by atoms with Crippen molar-refractivity contribution in [3.63, 3.8) is 0 Å². The average molecular weight is 1240 g/mol. The Bertz CT molecular complexity index is 4490. The van der Waals surface area contributed by atoms with Crippen LogP contribution in [0.2, 0.25) is 0 Å². The molecule has 0 spiro atoms. The summed E-state index contributed by atoms with van der Waals surface area (Å²) >= 11 is 0. The van der Waals surface area contributed by atoms with Gasteiger partial charge >= 0.3 is 0 Å². The van der Waals surface area contributed by atoms with Crippen LogP contribution in [0.15, 0.2) is 206 Å². The number of nitrogens with zero attached hydrogens (tertiary/aromatic N) is 11. The second-order valence-electron chi connectivity index (χ2n) is 25.8. The fraction of sp³-hybridized carbons (Fsp3) is 0.308. The molecule has 4 aromatic carbocycles. The number of hydrogen-bond donors (Lipinski definition) is 2. The molecule has 0 atom stereocenters. The zero-order valence-electron chi connectivity index (χ0n) is 54.5. The largest absolute Gasteiger partial charge is 0.378 e. The molecule has 0 unspecified atom stereocenters. The number of benzene rings is 4. The summed E-state index contributed by atoms with van der Waals surface area (Å²) in [5, 5.41) is 3.55. The first-order valence-corrected chi connectivity index (χ1v) is 33.2. The molecule has 15 rings (SSSR count). The molecule has 8 aromatic heterocycles. The minimum Gasteiger partial charge on any atom is -0.378 e. The summed E-state index contributed by atoms with van der Waals surface area (Å²) in [5.41, 5.74) is 22.2. The highest BCUT2D eigenvalue weighted by molar-refractivity contribution is 5.79. The summed E-state index contributed by atoms with van der Waals surface area (Å²) in [6.07, 6.45) is 23.5. The molecule has 15 nitrogen and oxygen atoms in total. The molecule has 15 heteroatoms. The lowest BCUT2D eigenvalue weighted by Gasteiger charge is -2.38. The van der Waals surface area contributed by atoms with E-state index in [-0.39, 0.29) is 5.56 Å². The van der Waals surface area contributed by atoms with E-state index in [0.29, 0.717) is 12.0 Å². The first-order valence-electron chi connectivity index (χ1n) is 33.2. The number of H-pyrrole nitrogens is 1. The third kappa shape index (κ3) is 14.4. The van der Waals surface area contributed by atoms with Gasteiger partial charge in [0.25, 0.3) is 0 Å². The van der Waals surface area contributed by atoms with Crippen LogP contribution in [0.4, 0.5) is 22.7 Å². The molecule has 474 valence electrons. The molecular weight excluding hydrogens is 1150 g/mol. The van der Waals surface area contributed by atoms with E-state index < -0.39 is 0 Å². The second-order valence-corrected chi connectivity index (χ2v) is 25.8. The summed E-state index contributed by atoms with van der Waals surface area (Å²) < 4.78 is 11.8. The van der Waals surface area contributed by atoms with Crippen LogP contribution in [-0.4, -0.2) is 107 Å². The van der Waals surface area contributed by atoms with Crippen molar-refractivity contribution in [1.29, 1.82) is 0 Å². The molecule has 1 saturated carbocycles. The fourth-order valence-electron chi connectivity index (χ4n) is 13.8. The van der Waals surface area contributed by atoms with Gasteiger partial charge < -0.3 is 24.8 Å². The van der Waals surface area contributed by atoms with E-state index >= 15 is 0 Å². The minimum atomic E-state index is -0.113. The van der Waals surface area contributed by atoms with Gasteiger partial charge in [-0.2, -0.15) is 0 Å². The first-order chi connectivity index (χ1) is 45.5. The average Bonchev–Trinajstić information content (AvgIpc) is 1.84. The number of pyridine rings is 4. The van der Waals surface area contributed by atoms with Crippen LogP contribution >= 0.6 is 0 Å². The van der Waals surface area contributed by atoms with Gasteiger partial charge in [-0.05, 0) is 177 Å². The van der Waals surface area contributed by atoms with Gasteiger partial charge in [0.05, 0.1) is 42.2 Å². The maximum atomic E-state index is 11.8. The van der Waals surface area contributed by atoms with Crippen LogP contribution in [0.1, 0.15) is 98.4 Å². The Morgan fingerprint density at radius 1 is 0.570 bits per heavy atom. The number of aromatic amines is 1. The van der Waals surface area contributed by atoms with Crippen molar-refractivity contribution in [2.75, 3.05) is 67.6 Å². The zero-order valence-corrected chi connectivity index (χ0v) is 54.5. The standard InChI is InChI=1S/C28H32N4O.C28H32N4.C22H21N5O/c1-18(2)20-4-6-21(7-5-20)22-8-10-24(11-9-22)31-25-12-13-26(23-14-15-29-27(33)16-23)32-19(3)17-30-28(25)32;1-21(2)30-15-17-31(18-16-30)26-10-7-23(8-11-26)20-25-9-12-27(32-14-13-29-28(25)32)24-6-4-5-22(3)19-24;1-4-19(26-11-13-28-14-12-26)5-2-17(1)15-18-3-6-21(20-16-23-7-8-24-20)27-10-9-25-22(18)27/h8-18,20-21,31H,4-7H2,1-3H3,(H,29,33);4-14,19,21H,15-18,20H2,1-3H3;1-10,16H,11-15H2. The van der Waals surface area contributed by atoms with Gasteiger partial charge in [0.1, 0.15) is 17.0 Å². The van der Waals surface area contributed by atoms with E-state index in [2.05, 4.69) is 225 Å². The number of nitrogens with one attached hydrogen (secondary N) is 2. The number of anilines is 4. The topological polar surface area (TPSA) is 142 Å². The number of hydrogen-bond acceptors (Lipinski definition) is 11. The van der Waals surface area contributed by atoms with Crippen LogP contribution < -0.4 is 20.7 Å². The van der Waals surface area contributed by atoms with Crippen LogP contribution in [0, 0.1) is 25.7 Å². The maximum absolute atomic E-state index is 11.8. The Balaban J connectivity index is 0.000000127. The lowest BCUT2D eigenvalue weighted by molar-refractivity contribution is 0.122. The molecule has 3 fully saturated rings. The smallest absolute Gasteiger partial charge is 0.248 e. The van der Waals surface area contributed by atoms with Gasteiger partial charge in [-0.3, -0.25) is 32.9 Å². The highest BCUT2D eigenvalue weighted by Gasteiger charge is 2.25. The van der Waals surface area contributed by atoms with Crippen molar-refractivity contribution in [2.45, 2.75) is 92.0 Å². The summed E-state index contributed by atoms with van der Waals surface area (Å²) in [5.74, 6) is 2.37. The quantitative estimate of drug-likeness (QED) is 0.107. The second kappa shape index (κ2) is 28.4. The van der Waals surface area contributed by atoms with E-state index in [4.69, 9.17) is 4.74 Å². The lowest BCUT2D eigenvalue weighted by Crippen LogP contribution is -2.48. The van der Waals surface area contributed by atoms with Crippen molar-refractivity contribution in [3.8, 4) is 33.9 Å². The highest BCUT2D eigenvalue weighted by Crippen LogP contribution is 2.39. The van der Waals surface area contributed by atoms with Gasteiger partial charge in [0.2, 0.25) is 5.56 Å². The van der Waals surface area contributed by atoms with Gasteiger partial charge in [-0.1, -0.05) is 86.1 Å². The predicted molar refractivity (Wildman–Crippen MR) is 377 cm³/mol. The Hall–Kier alpha value is -9.70. The number of rotatable bonds is 14. The van der Waals surface area contributed by atoms with Crippen molar-refractivity contribution in [2.24, 2.45) is 11.8 Å². The molecule has 3 aliphatic rings. The third-order valence-corrected chi connectivity index (χ3v) is 19.1. The molecule has 93 heavy (non-hydrogen) atoms. The predicted octanol–water partition coefficient (Wildman–Crippen LogP) is 15.3. The molecule has 12 aromatic rings. The number of aryl methyl sites for hydroxylation is 2. The van der Waals surface area contributed by atoms with Gasteiger partial charge in [-0.15, -0.1) is 0 Å². The lowest BCUT2D eigenvalue weighted by atomic mass is 9.75. The van der Waals surface area contributed by atoms with E-state index in [0.717, 1.165) is 134 Å². The Morgan fingerprint density at radius 2 is 1.19 bits per heavy atom. The summed E-state index contributed by atoms with van der Waals surface area (Å²) in [6.45, 7) is 21.5. The number of aromatic nitrogens is 9. The fourth-order valence-corrected chi connectivity index (χ4v) is 13.8. The number of morpholine rings is 1. The van der Waals surface area contributed by atoms with Crippen LogP contribution in [0.5, 0.6) is 0 Å². The van der Waals surface area contributed by atoms with Crippen LogP contribution in [-0.2, 0) is 17.6 Å². The molecule has 0 bridgehead atoms. The Morgan fingerprint density at radius 3 is 1.81 bits per heavy atom. The van der Waals surface area contributed by atoms with Crippen LogP contribution in [0.25, 0.3) is 50.8 Å².